The van der Waals surface area contributed by atoms with Gasteiger partial charge in [-0.15, -0.1) is 0 Å². The van der Waals surface area contributed by atoms with E-state index in [1.807, 2.05) is 0 Å². The van der Waals surface area contributed by atoms with E-state index in [1.165, 1.54) is 0 Å². The summed E-state index contributed by atoms with van der Waals surface area (Å²) in [5, 5.41) is 11.4. The molecule has 0 saturated carbocycles. The molecule has 1 atom stereocenters. The van der Waals surface area contributed by atoms with Gasteiger partial charge in [0.2, 0.25) is 5.91 Å². The van der Waals surface area contributed by atoms with Crippen molar-refractivity contribution >= 4 is 29.7 Å². The molecule has 1 fully saturated rings. The van der Waals surface area contributed by atoms with Crippen LogP contribution in [-0.2, 0) is 9.59 Å². The SMILES string of the molecule is NC(=O)CC[C@@H](NC(=O)N1CCCSCC1)C(=O)O. The molecular formula is C11H19N3O4S. The van der Waals surface area contributed by atoms with Crippen LogP contribution in [0.4, 0.5) is 4.79 Å². The Morgan fingerprint density at radius 3 is 2.68 bits per heavy atom. The van der Waals surface area contributed by atoms with Crippen LogP contribution >= 0.6 is 11.8 Å². The van der Waals surface area contributed by atoms with E-state index in [0.717, 1.165) is 17.9 Å². The Balaban J connectivity index is 2.49. The van der Waals surface area contributed by atoms with Crippen molar-refractivity contribution in [2.75, 3.05) is 24.6 Å². The number of nitrogens with zero attached hydrogens (tertiary/aromatic N) is 1. The Morgan fingerprint density at radius 1 is 1.32 bits per heavy atom. The number of nitrogens with one attached hydrogen (secondary N) is 1. The fourth-order valence-electron chi connectivity index (χ4n) is 1.73. The van der Waals surface area contributed by atoms with Crippen molar-refractivity contribution in [1.29, 1.82) is 0 Å². The number of carbonyl (C=O) groups is 3. The van der Waals surface area contributed by atoms with Gasteiger partial charge in [0, 0.05) is 25.3 Å². The molecule has 0 spiro atoms. The molecule has 3 amide bonds. The average molecular weight is 289 g/mol. The average Bonchev–Trinajstić information content (AvgIpc) is 2.62. The van der Waals surface area contributed by atoms with Crippen LogP contribution in [0.1, 0.15) is 19.3 Å². The summed E-state index contributed by atoms with van der Waals surface area (Å²) in [6, 6.07) is -1.46. The highest BCUT2D eigenvalue weighted by atomic mass is 32.2. The van der Waals surface area contributed by atoms with Gasteiger partial charge in [-0.05, 0) is 18.6 Å². The molecule has 4 N–H and O–H groups in total. The molecule has 0 bridgehead atoms. The van der Waals surface area contributed by atoms with Crippen LogP contribution in [0.2, 0.25) is 0 Å². The number of primary amides is 1. The maximum Gasteiger partial charge on any atom is 0.326 e. The number of rotatable bonds is 5. The summed E-state index contributed by atoms with van der Waals surface area (Å²) in [4.78, 5) is 35.2. The van der Waals surface area contributed by atoms with Gasteiger partial charge in [0.15, 0.2) is 0 Å². The van der Waals surface area contributed by atoms with Gasteiger partial charge >= 0.3 is 12.0 Å². The van der Waals surface area contributed by atoms with Crippen molar-refractivity contribution in [3.63, 3.8) is 0 Å². The minimum atomic E-state index is -1.15. The Bertz CT molecular complexity index is 343. The molecule has 19 heavy (non-hydrogen) atoms. The lowest BCUT2D eigenvalue weighted by Crippen LogP contribution is -2.48. The van der Waals surface area contributed by atoms with Crippen molar-refractivity contribution < 1.29 is 19.5 Å². The van der Waals surface area contributed by atoms with Crippen LogP contribution in [-0.4, -0.2) is 58.6 Å². The van der Waals surface area contributed by atoms with E-state index >= 15 is 0 Å². The minimum Gasteiger partial charge on any atom is -0.480 e. The third-order valence-corrected chi connectivity index (χ3v) is 3.83. The second kappa shape index (κ2) is 7.88. The van der Waals surface area contributed by atoms with Crippen LogP contribution in [0, 0.1) is 0 Å². The number of hydrogen-bond donors (Lipinski definition) is 3. The molecule has 0 aromatic heterocycles. The Morgan fingerprint density at radius 2 is 2.05 bits per heavy atom. The van der Waals surface area contributed by atoms with E-state index in [4.69, 9.17) is 10.8 Å². The molecule has 108 valence electrons. The summed E-state index contributed by atoms with van der Waals surface area (Å²) in [5.74, 6) is 0.130. The lowest BCUT2D eigenvalue weighted by atomic mass is 10.1. The standard InChI is InChI=1S/C11H19N3O4S/c12-9(15)3-2-8(10(16)17)13-11(18)14-4-1-6-19-7-5-14/h8H,1-7H2,(H2,12,15)(H,13,18)(H,16,17)/t8-/m1/s1. The molecule has 1 aliphatic heterocycles. The summed E-state index contributed by atoms with van der Waals surface area (Å²) in [6.07, 6.45) is 0.850. The van der Waals surface area contributed by atoms with Gasteiger partial charge < -0.3 is 21.1 Å². The summed E-state index contributed by atoms with van der Waals surface area (Å²) in [5.41, 5.74) is 4.98. The first-order chi connectivity index (χ1) is 9.00. The molecule has 0 aliphatic carbocycles. The maximum absolute atomic E-state index is 11.9. The quantitative estimate of drug-likeness (QED) is 0.651. The minimum absolute atomic E-state index is 0.0129. The largest absolute Gasteiger partial charge is 0.480 e. The number of carbonyl (C=O) groups excluding carboxylic acids is 2. The first-order valence-corrected chi connectivity index (χ1v) is 7.30. The monoisotopic (exact) mass is 289 g/mol. The maximum atomic E-state index is 11.9. The summed E-state index contributed by atoms with van der Waals surface area (Å²) in [7, 11) is 0. The van der Waals surface area contributed by atoms with Gasteiger partial charge in [-0.3, -0.25) is 4.79 Å². The number of hydrogen-bond acceptors (Lipinski definition) is 4. The zero-order chi connectivity index (χ0) is 14.3. The lowest BCUT2D eigenvalue weighted by Gasteiger charge is -2.23. The van der Waals surface area contributed by atoms with Crippen LogP contribution < -0.4 is 11.1 Å². The lowest BCUT2D eigenvalue weighted by molar-refractivity contribution is -0.139. The van der Waals surface area contributed by atoms with Crippen LogP contribution in [0.15, 0.2) is 0 Å². The third kappa shape index (κ3) is 5.82. The Kier molecular flexibility index (Phi) is 6.48. The first-order valence-electron chi connectivity index (χ1n) is 6.15. The molecular weight excluding hydrogens is 270 g/mol. The smallest absolute Gasteiger partial charge is 0.326 e. The van der Waals surface area contributed by atoms with Crippen molar-refractivity contribution in [2.24, 2.45) is 5.73 Å². The molecule has 1 heterocycles. The van der Waals surface area contributed by atoms with E-state index < -0.39 is 17.9 Å². The second-order valence-electron chi connectivity index (χ2n) is 4.30. The van der Waals surface area contributed by atoms with Gasteiger partial charge in [0.05, 0.1) is 0 Å². The molecule has 0 radical (unpaired) electrons. The van der Waals surface area contributed by atoms with Gasteiger partial charge in [-0.25, -0.2) is 9.59 Å². The summed E-state index contributed by atoms with van der Waals surface area (Å²) >= 11 is 1.78. The van der Waals surface area contributed by atoms with Gasteiger partial charge in [-0.1, -0.05) is 0 Å². The third-order valence-electron chi connectivity index (χ3n) is 2.78. The van der Waals surface area contributed by atoms with Crippen LogP contribution in [0.3, 0.4) is 0 Å². The van der Waals surface area contributed by atoms with E-state index in [2.05, 4.69) is 5.32 Å². The van der Waals surface area contributed by atoms with Crippen molar-refractivity contribution in [3.8, 4) is 0 Å². The number of carboxylic acid groups (broad SMARTS) is 1. The molecule has 7 nitrogen and oxygen atoms in total. The predicted molar refractivity (Wildman–Crippen MR) is 71.9 cm³/mol. The Hall–Kier alpha value is -1.44. The van der Waals surface area contributed by atoms with E-state index in [-0.39, 0.29) is 18.9 Å². The van der Waals surface area contributed by atoms with E-state index in [0.29, 0.717) is 13.1 Å². The summed E-state index contributed by atoms with van der Waals surface area (Å²) < 4.78 is 0. The molecule has 0 unspecified atom stereocenters. The molecule has 1 rings (SSSR count). The van der Waals surface area contributed by atoms with Gasteiger partial charge in [0.25, 0.3) is 0 Å². The van der Waals surface area contributed by atoms with Crippen LogP contribution in [0.5, 0.6) is 0 Å². The Labute approximate surface area is 115 Å². The topological polar surface area (TPSA) is 113 Å². The molecule has 0 aromatic carbocycles. The second-order valence-corrected chi connectivity index (χ2v) is 5.52. The van der Waals surface area contributed by atoms with Crippen molar-refractivity contribution in [3.05, 3.63) is 0 Å². The molecule has 0 aromatic rings. The van der Waals surface area contributed by atoms with Gasteiger partial charge in [-0.2, -0.15) is 11.8 Å². The zero-order valence-electron chi connectivity index (χ0n) is 10.6. The number of amides is 3. The number of carboxylic acids is 1. The van der Waals surface area contributed by atoms with E-state index in [1.54, 1.807) is 16.7 Å². The van der Waals surface area contributed by atoms with Gasteiger partial charge in [0.1, 0.15) is 6.04 Å². The number of nitrogens with two attached hydrogens (primary N) is 1. The highest BCUT2D eigenvalue weighted by molar-refractivity contribution is 7.99. The predicted octanol–water partition coefficient (Wildman–Crippen LogP) is -0.146. The van der Waals surface area contributed by atoms with E-state index in [9.17, 15) is 14.4 Å². The molecule has 1 aliphatic rings. The highest BCUT2D eigenvalue weighted by Crippen LogP contribution is 2.10. The van der Waals surface area contributed by atoms with Crippen LogP contribution in [0.25, 0.3) is 0 Å². The fourth-order valence-corrected chi connectivity index (χ4v) is 2.62. The first kappa shape index (κ1) is 15.6. The number of urea groups is 1. The normalized spacial score (nSPS) is 17.4. The highest BCUT2D eigenvalue weighted by Gasteiger charge is 2.23. The van der Waals surface area contributed by atoms with Crippen molar-refractivity contribution in [1.82, 2.24) is 10.2 Å². The number of aliphatic carboxylic acids is 1. The van der Waals surface area contributed by atoms with Crippen molar-refractivity contribution in [2.45, 2.75) is 25.3 Å². The molecule has 8 heteroatoms. The fraction of sp³-hybridized carbons (Fsp3) is 0.727. The zero-order valence-corrected chi connectivity index (χ0v) is 11.4. The molecule has 1 saturated heterocycles. The summed E-state index contributed by atoms with van der Waals surface area (Å²) in [6.45, 7) is 1.24. The number of thioether (sulfide) groups is 1.